The van der Waals surface area contributed by atoms with Crippen molar-refractivity contribution in [2.45, 2.75) is 35.9 Å². The molecule has 0 saturated carbocycles. The average Bonchev–Trinajstić information content (AvgIpc) is 3.19. The molecular formula is C22H21F12NO2Si. The molecule has 2 heterocycles. The van der Waals surface area contributed by atoms with Gasteiger partial charge in [-0.05, 0) is 0 Å². The van der Waals surface area contributed by atoms with Crippen LogP contribution in [0.4, 0.5) is 52.7 Å². The first-order valence-electron chi connectivity index (χ1n) is 10.7. The Morgan fingerprint density at radius 1 is 0.526 bits per heavy atom. The number of nitrogens with zero attached hydrogens (tertiary/aromatic N) is 1. The van der Waals surface area contributed by atoms with Gasteiger partial charge in [-0.3, -0.25) is 0 Å². The van der Waals surface area contributed by atoms with Crippen molar-refractivity contribution in [3.63, 3.8) is 0 Å². The summed E-state index contributed by atoms with van der Waals surface area (Å²) in [6.07, 6.45) is -25.2. The summed E-state index contributed by atoms with van der Waals surface area (Å²) in [7, 11) is 2.19. The molecule has 0 aromatic heterocycles. The van der Waals surface area contributed by atoms with Crippen LogP contribution in [0.15, 0.2) is 48.5 Å². The molecule has 2 aromatic carbocycles. The standard InChI is InChI=1S/C18H9F12O2Si.C4H12N/c19-15(20,21)13(16(22,23)24)9-5-1-3-7-11(9)33(31-13)12-8-4-2-6-10(12)14(32-33,17(25,26)27)18(28,29)30;1-5(2,3)4/h1-8,33H;1-4H3/q-1;+1. The maximum absolute atomic E-state index is 13.9. The fraction of sp³-hybridized carbons (Fsp3) is 0.455. The molecule has 2 aliphatic rings. The Labute approximate surface area is 209 Å². The van der Waals surface area contributed by atoms with Crippen molar-refractivity contribution in [3.05, 3.63) is 59.7 Å². The van der Waals surface area contributed by atoms with Gasteiger partial charge in [0, 0.05) is 0 Å². The zero-order valence-electron chi connectivity index (χ0n) is 20.0. The van der Waals surface area contributed by atoms with Crippen molar-refractivity contribution in [1.82, 2.24) is 0 Å². The minimum atomic E-state index is -6.31. The summed E-state index contributed by atoms with van der Waals surface area (Å²) in [6, 6.07) is 4.95. The predicted molar refractivity (Wildman–Crippen MR) is 113 cm³/mol. The van der Waals surface area contributed by atoms with Crippen LogP contribution in [0, 0.1) is 0 Å². The van der Waals surface area contributed by atoms with E-state index in [0.29, 0.717) is 24.3 Å². The molecule has 0 amide bonds. The second-order valence-electron chi connectivity index (χ2n) is 10.2. The summed E-state index contributed by atoms with van der Waals surface area (Å²) in [4.78, 5) is 0. The molecule has 38 heavy (non-hydrogen) atoms. The fourth-order valence-corrected chi connectivity index (χ4v) is 9.39. The van der Waals surface area contributed by atoms with Gasteiger partial charge >= 0.3 is 176 Å². The Morgan fingerprint density at radius 2 is 0.763 bits per heavy atom. The quantitative estimate of drug-likeness (QED) is 0.246. The van der Waals surface area contributed by atoms with Crippen molar-refractivity contribution in [2.75, 3.05) is 28.2 Å². The van der Waals surface area contributed by atoms with E-state index in [9.17, 15) is 52.7 Å². The molecule has 0 bridgehead atoms. The van der Waals surface area contributed by atoms with Crippen molar-refractivity contribution in [1.29, 1.82) is 0 Å². The van der Waals surface area contributed by atoms with Crippen LogP contribution >= 0.6 is 0 Å². The van der Waals surface area contributed by atoms with Gasteiger partial charge < -0.3 is 4.48 Å². The Hall–Kier alpha value is -2.30. The average molecular weight is 587 g/mol. The maximum atomic E-state index is 13.9. The minimum absolute atomic E-state index is 0.304. The zero-order chi connectivity index (χ0) is 29.4. The van der Waals surface area contributed by atoms with E-state index in [1.54, 1.807) is 0 Å². The van der Waals surface area contributed by atoms with Gasteiger partial charge in [-0.25, -0.2) is 0 Å². The van der Waals surface area contributed by atoms with Crippen LogP contribution in [0.2, 0.25) is 0 Å². The van der Waals surface area contributed by atoms with Crippen LogP contribution in [-0.4, -0.2) is 65.9 Å². The van der Waals surface area contributed by atoms with Crippen LogP contribution in [0.25, 0.3) is 0 Å². The summed E-state index contributed by atoms with van der Waals surface area (Å²) in [5, 5.41) is -2.25. The molecule has 0 saturated heterocycles. The van der Waals surface area contributed by atoms with E-state index in [0.717, 1.165) is 28.7 Å². The van der Waals surface area contributed by atoms with Crippen LogP contribution < -0.4 is 10.4 Å². The molecule has 0 radical (unpaired) electrons. The second-order valence-corrected chi connectivity index (χ2v) is 13.3. The van der Waals surface area contributed by atoms with E-state index in [4.69, 9.17) is 0 Å². The van der Waals surface area contributed by atoms with Gasteiger partial charge in [-0.2, -0.15) is 0 Å². The monoisotopic (exact) mass is 587 g/mol. The summed E-state index contributed by atoms with van der Waals surface area (Å²) in [5.41, 5.74) is -13.7. The number of halogens is 12. The molecular weight excluding hydrogens is 566 g/mol. The van der Waals surface area contributed by atoms with Crippen LogP contribution in [0.3, 0.4) is 0 Å². The van der Waals surface area contributed by atoms with Crippen molar-refractivity contribution < 1.29 is 66.0 Å². The molecule has 0 aliphatic carbocycles. The first-order chi connectivity index (χ1) is 16.9. The molecule has 16 heteroatoms. The third-order valence-electron chi connectivity index (χ3n) is 5.78. The molecule has 2 aromatic rings. The Morgan fingerprint density at radius 3 is 1.00 bits per heavy atom. The SMILES string of the molecule is C[N+](C)(C)C.FC(F)(F)C1(C(F)(F)F)O[SiH-]2(OC(C(F)(F)F)(C(F)(F)F)c3ccccc32)c2ccccc21. The topological polar surface area (TPSA) is 18.5 Å². The molecule has 0 N–H and O–H groups in total. The van der Waals surface area contributed by atoms with Gasteiger partial charge in [0.05, 0.1) is 28.2 Å². The van der Waals surface area contributed by atoms with E-state index in [1.165, 1.54) is 0 Å². The Kier molecular flexibility index (Phi) is 6.84. The molecule has 214 valence electrons. The fourth-order valence-electron chi connectivity index (χ4n) is 4.57. The summed E-state index contributed by atoms with van der Waals surface area (Å²) in [6.45, 7) is 0. The van der Waals surface area contributed by atoms with Crippen molar-refractivity contribution in [2.24, 2.45) is 0 Å². The molecule has 0 fully saturated rings. The van der Waals surface area contributed by atoms with Crippen molar-refractivity contribution in [3.8, 4) is 0 Å². The number of hydrogen-bond acceptors (Lipinski definition) is 2. The number of benzene rings is 2. The summed E-state index contributed by atoms with van der Waals surface area (Å²) < 4.78 is 177. The summed E-state index contributed by atoms with van der Waals surface area (Å²) in [5.74, 6) is 0. The van der Waals surface area contributed by atoms with E-state index in [1.807, 2.05) is 0 Å². The molecule has 0 atom stereocenters. The van der Waals surface area contributed by atoms with Gasteiger partial charge in [-0.15, -0.1) is 0 Å². The third kappa shape index (κ3) is 4.28. The van der Waals surface area contributed by atoms with Crippen molar-refractivity contribution >= 4 is 18.9 Å². The number of rotatable bonds is 0. The van der Waals surface area contributed by atoms with E-state index in [2.05, 4.69) is 37.0 Å². The molecule has 1 spiro atoms. The van der Waals surface area contributed by atoms with Gasteiger partial charge in [-0.1, -0.05) is 0 Å². The van der Waals surface area contributed by atoms with E-state index < -0.39 is 66.0 Å². The van der Waals surface area contributed by atoms with Gasteiger partial charge in [0.15, 0.2) is 0 Å². The number of alkyl halides is 12. The van der Waals surface area contributed by atoms with Gasteiger partial charge in [0.25, 0.3) is 0 Å². The molecule has 3 nitrogen and oxygen atoms in total. The van der Waals surface area contributed by atoms with Crippen LogP contribution in [0.1, 0.15) is 11.1 Å². The van der Waals surface area contributed by atoms with Crippen LogP contribution in [0.5, 0.6) is 0 Å². The number of hydrogen-bond donors (Lipinski definition) is 0. The predicted octanol–water partition coefficient (Wildman–Crippen LogP) is 5.00. The van der Waals surface area contributed by atoms with Gasteiger partial charge in [0.2, 0.25) is 0 Å². The zero-order valence-corrected chi connectivity index (χ0v) is 21.2. The number of quaternary nitrogens is 1. The van der Waals surface area contributed by atoms with Crippen LogP contribution in [-0.2, 0) is 20.1 Å². The van der Waals surface area contributed by atoms with Gasteiger partial charge in [0.1, 0.15) is 0 Å². The summed E-state index contributed by atoms with van der Waals surface area (Å²) >= 11 is 0. The molecule has 0 unspecified atom stereocenters. The first kappa shape index (κ1) is 30.2. The second kappa shape index (κ2) is 8.60. The number of fused-ring (bicyclic) bond motifs is 4. The molecule has 2 aliphatic heterocycles. The Balaban J connectivity index is 0.000000732. The Bertz CT molecular complexity index is 1070. The molecule has 4 rings (SSSR count). The normalized spacial score (nSPS) is 20.8. The first-order valence-corrected chi connectivity index (χ1v) is 12.8. The van der Waals surface area contributed by atoms with E-state index >= 15 is 0 Å². The third-order valence-corrected chi connectivity index (χ3v) is 9.80. The van der Waals surface area contributed by atoms with E-state index in [-0.39, 0.29) is 0 Å².